The third-order valence-corrected chi connectivity index (χ3v) is 5.93. The van der Waals surface area contributed by atoms with Crippen molar-refractivity contribution in [1.82, 2.24) is 10.0 Å². The van der Waals surface area contributed by atoms with Gasteiger partial charge in [-0.25, -0.2) is 8.42 Å². The Kier molecular flexibility index (Phi) is 8.08. The minimum atomic E-state index is -3.86. The molecule has 1 atom stereocenters. The van der Waals surface area contributed by atoms with Crippen LogP contribution >= 0.6 is 0 Å². The van der Waals surface area contributed by atoms with Crippen LogP contribution in [0.1, 0.15) is 25.0 Å². The van der Waals surface area contributed by atoms with Crippen LogP contribution in [0.3, 0.4) is 0 Å². The number of nitrogens with one attached hydrogen (secondary N) is 2. The molecule has 0 aliphatic heterocycles. The Labute approximate surface area is 177 Å². The van der Waals surface area contributed by atoms with Crippen molar-refractivity contribution in [3.8, 4) is 17.2 Å². The van der Waals surface area contributed by atoms with E-state index in [4.69, 9.17) is 14.2 Å². The van der Waals surface area contributed by atoms with Crippen LogP contribution in [0.25, 0.3) is 0 Å². The van der Waals surface area contributed by atoms with Gasteiger partial charge in [0.15, 0.2) is 11.5 Å². The SMILES string of the molecule is CCOc1ccc(S(=O)(=O)N[C@@H](C)C(=O)NCc2ccc(OC)c(OC)c2)cc1C. The first-order valence-electron chi connectivity index (χ1n) is 9.46. The van der Waals surface area contributed by atoms with Gasteiger partial charge in [0, 0.05) is 6.54 Å². The first-order valence-corrected chi connectivity index (χ1v) is 10.9. The van der Waals surface area contributed by atoms with E-state index in [9.17, 15) is 13.2 Å². The van der Waals surface area contributed by atoms with Crippen molar-refractivity contribution in [2.45, 2.75) is 38.3 Å². The van der Waals surface area contributed by atoms with Gasteiger partial charge >= 0.3 is 0 Å². The minimum absolute atomic E-state index is 0.0722. The van der Waals surface area contributed by atoms with Crippen molar-refractivity contribution >= 4 is 15.9 Å². The van der Waals surface area contributed by atoms with E-state index in [1.807, 2.05) is 6.92 Å². The lowest BCUT2D eigenvalue weighted by Crippen LogP contribution is -2.44. The predicted octanol–water partition coefficient (Wildman–Crippen LogP) is 2.39. The summed E-state index contributed by atoms with van der Waals surface area (Å²) in [5, 5.41) is 2.72. The van der Waals surface area contributed by atoms with Crippen molar-refractivity contribution in [3.05, 3.63) is 47.5 Å². The van der Waals surface area contributed by atoms with Crippen molar-refractivity contribution in [2.24, 2.45) is 0 Å². The van der Waals surface area contributed by atoms with Crippen LogP contribution in [0.15, 0.2) is 41.3 Å². The number of aryl methyl sites for hydroxylation is 1. The highest BCUT2D eigenvalue weighted by Gasteiger charge is 2.22. The number of ether oxygens (including phenoxy) is 3. The minimum Gasteiger partial charge on any atom is -0.494 e. The molecular formula is C21H28N2O6S. The van der Waals surface area contributed by atoms with Gasteiger partial charge in [-0.1, -0.05) is 6.07 Å². The molecule has 0 heterocycles. The molecule has 2 rings (SSSR count). The lowest BCUT2D eigenvalue weighted by molar-refractivity contribution is -0.122. The third-order valence-electron chi connectivity index (χ3n) is 4.40. The van der Waals surface area contributed by atoms with Crippen LogP contribution in [0.5, 0.6) is 17.2 Å². The summed E-state index contributed by atoms with van der Waals surface area (Å²) in [6.07, 6.45) is 0. The zero-order valence-electron chi connectivity index (χ0n) is 17.8. The van der Waals surface area contributed by atoms with Crippen molar-refractivity contribution in [3.63, 3.8) is 0 Å². The third kappa shape index (κ3) is 5.87. The Hall–Kier alpha value is -2.78. The molecule has 0 saturated carbocycles. The number of rotatable bonds is 10. The fraction of sp³-hybridized carbons (Fsp3) is 0.381. The van der Waals surface area contributed by atoms with Gasteiger partial charge in [0.25, 0.3) is 0 Å². The van der Waals surface area contributed by atoms with Crippen LogP contribution in [-0.2, 0) is 21.4 Å². The van der Waals surface area contributed by atoms with Crippen LogP contribution in [0.2, 0.25) is 0 Å². The Balaban J connectivity index is 2.02. The van der Waals surface area contributed by atoms with Gasteiger partial charge in [0.1, 0.15) is 5.75 Å². The predicted molar refractivity (Wildman–Crippen MR) is 114 cm³/mol. The molecule has 2 aromatic rings. The average Bonchev–Trinajstić information content (AvgIpc) is 2.72. The Morgan fingerprint density at radius 2 is 1.70 bits per heavy atom. The molecule has 1 amide bonds. The summed E-state index contributed by atoms with van der Waals surface area (Å²) in [7, 11) is -0.796. The molecule has 0 aromatic heterocycles. The summed E-state index contributed by atoms with van der Waals surface area (Å²) >= 11 is 0. The molecule has 0 spiro atoms. The van der Waals surface area contributed by atoms with Crippen LogP contribution < -0.4 is 24.2 Å². The fourth-order valence-corrected chi connectivity index (χ4v) is 4.08. The first kappa shape index (κ1) is 23.5. The molecule has 0 aliphatic rings. The number of amides is 1. The van der Waals surface area contributed by atoms with Gasteiger partial charge in [0.05, 0.1) is 31.8 Å². The maximum absolute atomic E-state index is 12.6. The Morgan fingerprint density at radius 3 is 2.30 bits per heavy atom. The summed E-state index contributed by atoms with van der Waals surface area (Å²) in [6, 6.07) is 8.89. The van der Waals surface area contributed by atoms with Gasteiger partial charge in [-0.2, -0.15) is 4.72 Å². The molecule has 30 heavy (non-hydrogen) atoms. The zero-order valence-corrected chi connectivity index (χ0v) is 18.6. The van der Waals surface area contributed by atoms with E-state index in [0.717, 1.165) is 5.56 Å². The molecule has 8 nitrogen and oxygen atoms in total. The molecule has 0 saturated heterocycles. The molecule has 164 valence electrons. The normalized spacial score (nSPS) is 12.2. The highest BCUT2D eigenvalue weighted by atomic mass is 32.2. The van der Waals surface area contributed by atoms with Crippen LogP contribution in [0, 0.1) is 6.92 Å². The number of carbonyl (C=O) groups is 1. The molecule has 0 aliphatic carbocycles. The highest BCUT2D eigenvalue weighted by Crippen LogP contribution is 2.27. The zero-order chi connectivity index (χ0) is 22.3. The Morgan fingerprint density at radius 1 is 1.03 bits per heavy atom. The molecule has 0 bridgehead atoms. The number of benzene rings is 2. The van der Waals surface area contributed by atoms with Crippen molar-refractivity contribution in [1.29, 1.82) is 0 Å². The van der Waals surface area contributed by atoms with Crippen molar-refractivity contribution < 1.29 is 27.4 Å². The quantitative estimate of drug-likeness (QED) is 0.593. The number of sulfonamides is 1. The van der Waals surface area contributed by atoms with Gasteiger partial charge in [-0.15, -0.1) is 0 Å². The number of methoxy groups -OCH3 is 2. The van der Waals surface area contributed by atoms with Gasteiger partial charge < -0.3 is 19.5 Å². The number of carbonyl (C=O) groups excluding carboxylic acids is 1. The van der Waals surface area contributed by atoms with E-state index in [2.05, 4.69) is 10.0 Å². The smallest absolute Gasteiger partial charge is 0.241 e. The second-order valence-corrected chi connectivity index (χ2v) is 8.32. The summed E-state index contributed by atoms with van der Waals surface area (Å²) in [5.74, 6) is 1.30. The van der Waals surface area contributed by atoms with Crippen LogP contribution in [-0.4, -0.2) is 41.2 Å². The average molecular weight is 437 g/mol. The molecule has 2 aromatic carbocycles. The van der Waals surface area contributed by atoms with E-state index < -0.39 is 22.0 Å². The summed E-state index contributed by atoms with van der Waals surface area (Å²) in [4.78, 5) is 12.5. The molecule has 0 fully saturated rings. The van der Waals surface area contributed by atoms with Crippen molar-refractivity contribution in [2.75, 3.05) is 20.8 Å². The Bertz CT molecular complexity index is 991. The lowest BCUT2D eigenvalue weighted by Gasteiger charge is -2.16. The number of hydrogen-bond acceptors (Lipinski definition) is 6. The van der Waals surface area contributed by atoms with E-state index >= 15 is 0 Å². The molecule has 0 unspecified atom stereocenters. The summed E-state index contributed by atoms with van der Waals surface area (Å²) in [6.45, 7) is 5.82. The van der Waals surface area contributed by atoms with Gasteiger partial charge in [0.2, 0.25) is 15.9 Å². The first-order chi connectivity index (χ1) is 14.2. The van der Waals surface area contributed by atoms with E-state index in [1.54, 1.807) is 38.3 Å². The van der Waals surface area contributed by atoms with E-state index in [1.165, 1.54) is 26.2 Å². The van der Waals surface area contributed by atoms with Gasteiger partial charge in [-0.05, 0) is 62.2 Å². The maximum Gasteiger partial charge on any atom is 0.241 e. The second kappa shape index (κ2) is 10.3. The fourth-order valence-electron chi connectivity index (χ4n) is 2.79. The molecule has 9 heteroatoms. The second-order valence-electron chi connectivity index (χ2n) is 6.61. The maximum atomic E-state index is 12.6. The van der Waals surface area contributed by atoms with E-state index in [-0.39, 0.29) is 11.4 Å². The topological polar surface area (TPSA) is 103 Å². The highest BCUT2D eigenvalue weighted by molar-refractivity contribution is 7.89. The molecular weight excluding hydrogens is 408 g/mol. The monoisotopic (exact) mass is 436 g/mol. The largest absolute Gasteiger partial charge is 0.494 e. The molecule has 2 N–H and O–H groups in total. The standard InChI is InChI=1S/C21H28N2O6S/c1-6-29-18-10-8-17(11-14(18)2)30(25,26)23-15(3)21(24)22-13-16-7-9-19(27-4)20(12-16)28-5/h7-12,15,23H,6,13H2,1-5H3,(H,22,24)/t15-/m0/s1. The number of hydrogen-bond donors (Lipinski definition) is 2. The molecule has 0 radical (unpaired) electrons. The van der Waals surface area contributed by atoms with E-state index in [0.29, 0.717) is 29.4 Å². The van der Waals surface area contributed by atoms with Gasteiger partial charge in [-0.3, -0.25) is 4.79 Å². The summed E-state index contributed by atoms with van der Waals surface area (Å²) in [5.41, 5.74) is 1.49. The summed E-state index contributed by atoms with van der Waals surface area (Å²) < 4.78 is 43.5. The van der Waals surface area contributed by atoms with Crippen LogP contribution in [0.4, 0.5) is 0 Å². The lowest BCUT2D eigenvalue weighted by atomic mass is 10.2.